The maximum absolute atomic E-state index is 13.6. The zero-order valence-corrected chi connectivity index (χ0v) is 28.1. The molecule has 0 aliphatic heterocycles. The van der Waals surface area contributed by atoms with Crippen molar-refractivity contribution >= 4 is 90.0 Å². The van der Waals surface area contributed by atoms with E-state index in [1.807, 2.05) is 0 Å². The van der Waals surface area contributed by atoms with Gasteiger partial charge in [-0.2, -0.15) is 32.3 Å². The Morgan fingerprint density at radius 2 is 1.55 bits per heavy atom. The van der Waals surface area contributed by atoms with Crippen LogP contribution in [-0.4, -0.2) is 54.2 Å². The number of nitrogens with one attached hydrogen (secondary N) is 1. The monoisotopic (exact) mass is 793 g/mol. The van der Waals surface area contributed by atoms with Gasteiger partial charge in [0, 0.05) is 11.8 Å². The van der Waals surface area contributed by atoms with Crippen molar-refractivity contribution in [3.05, 3.63) is 66.6 Å². The van der Waals surface area contributed by atoms with Gasteiger partial charge in [-0.1, -0.05) is 10.1 Å². The Bertz CT molecular complexity index is 2130. The van der Waals surface area contributed by atoms with E-state index in [0.717, 1.165) is 12.1 Å². The molecule has 0 radical (unpaired) electrons. The average Bonchev–Trinajstić information content (AvgIpc) is 3.06. The van der Waals surface area contributed by atoms with Gasteiger partial charge < -0.3 is 16.8 Å². The fraction of sp³-hybridized carbons (Fsp3) is 0.0833. The number of anilines is 4. The Kier molecular flexibility index (Phi) is 13.6. The van der Waals surface area contributed by atoms with E-state index in [4.69, 9.17) is 26.2 Å². The van der Waals surface area contributed by atoms with E-state index >= 15 is 0 Å². The zero-order chi connectivity index (χ0) is 37.2. The van der Waals surface area contributed by atoms with Gasteiger partial charge in [0.25, 0.3) is 10.1 Å². The summed E-state index contributed by atoms with van der Waals surface area (Å²) >= 11 is 0.655. The molecule has 0 fully saturated rings. The molecule has 4 rings (SSSR count). The Balaban J connectivity index is 1.66. The number of azo groups is 2. The molecule has 0 saturated carbocycles. The molecule has 0 spiro atoms. The minimum Gasteiger partial charge on any atom is -0.396 e. The topological polar surface area (TPSA) is 314 Å². The summed E-state index contributed by atoms with van der Waals surface area (Å²) in [5, 5.41) is 42.0. The lowest BCUT2D eigenvalue weighted by Crippen LogP contribution is -2.10. The van der Waals surface area contributed by atoms with Crippen LogP contribution in [0.3, 0.4) is 0 Å². The first kappa shape index (κ1) is 39.3. The molecule has 272 valence electrons. The number of halogens is 2. The highest BCUT2D eigenvalue weighted by atomic mass is 32.2. The molecule has 0 bridgehead atoms. The number of benzene rings is 3. The molecular weight excluding hydrogens is 773 g/mol. The fourth-order valence-electron chi connectivity index (χ4n) is 3.73. The third-order valence-electron chi connectivity index (χ3n) is 5.92. The Morgan fingerprint density at radius 3 is 2.22 bits per heavy atom. The summed E-state index contributed by atoms with van der Waals surface area (Å²) < 4.78 is 99.5. The SMILES string of the molecule is Nc1c(N=Nc2ccc(S(=O)(=O)CCOSOOO)cc2)cc(S(=O)(=O)O)c(N)c1N=Nc1cc(Nc2cc(F)nc(F)n2)ccc1SOOO. The summed E-state index contributed by atoms with van der Waals surface area (Å²) in [5.74, 6) is -1.89. The highest BCUT2D eigenvalue weighted by Gasteiger charge is 2.23. The molecular formula is C24H21F2N9O12S4. The van der Waals surface area contributed by atoms with Gasteiger partial charge in [-0.25, -0.2) is 18.9 Å². The van der Waals surface area contributed by atoms with Crippen LogP contribution in [0.1, 0.15) is 0 Å². The molecule has 4 aromatic rings. The molecule has 8 N–H and O–H groups in total. The second kappa shape index (κ2) is 17.6. The molecule has 0 saturated heterocycles. The summed E-state index contributed by atoms with van der Waals surface area (Å²) in [5.41, 5.74) is 10.5. The van der Waals surface area contributed by atoms with Crippen molar-refractivity contribution in [2.24, 2.45) is 20.5 Å². The predicted molar refractivity (Wildman–Crippen MR) is 173 cm³/mol. The first-order valence-electron chi connectivity index (χ1n) is 13.1. The lowest BCUT2D eigenvalue weighted by Gasteiger charge is -2.11. The maximum atomic E-state index is 13.6. The van der Waals surface area contributed by atoms with E-state index in [0.29, 0.717) is 12.0 Å². The van der Waals surface area contributed by atoms with Crippen LogP contribution in [0.25, 0.3) is 0 Å². The van der Waals surface area contributed by atoms with E-state index in [2.05, 4.69) is 54.5 Å². The number of rotatable bonds is 17. The quantitative estimate of drug-likeness (QED) is 0.00828. The molecule has 3 aromatic carbocycles. The van der Waals surface area contributed by atoms with Crippen LogP contribution in [0.4, 0.5) is 54.4 Å². The minimum absolute atomic E-state index is 0.0857. The average molecular weight is 794 g/mol. The number of nitrogens with two attached hydrogens (primary N) is 2. The molecule has 0 atom stereocenters. The van der Waals surface area contributed by atoms with Crippen molar-refractivity contribution in [2.45, 2.75) is 14.7 Å². The van der Waals surface area contributed by atoms with Gasteiger partial charge in [-0.05, 0) is 48.5 Å². The van der Waals surface area contributed by atoms with Gasteiger partial charge in [-0.3, -0.25) is 8.74 Å². The van der Waals surface area contributed by atoms with Crippen LogP contribution in [0.5, 0.6) is 0 Å². The van der Waals surface area contributed by atoms with E-state index in [1.165, 1.54) is 42.5 Å². The van der Waals surface area contributed by atoms with Crippen LogP contribution in [-0.2, 0) is 42.9 Å². The first-order valence-corrected chi connectivity index (χ1v) is 17.6. The molecule has 1 heterocycles. The molecule has 27 heteroatoms. The molecule has 0 aliphatic carbocycles. The Labute approximate surface area is 293 Å². The van der Waals surface area contributed by atoms with Crippen LogP contribution in [0.15, 0.2) is 89.7 Å². The third-order valence-corrected chi connectivity index (χ3v) is 9.54. The van der Waals surface area contributed by atoms with E-state index in [9.17, 15) is 30.2 Å². The minimum atomic E-state index is -5.01. The largest absolute Gasteiger partial charge is 0.396 e. The van der Waals surface area contributed by atoms with Crippen LogP contribution in [0.2, 0.25) is 0 Å². The zero-order valence-electron chi connectivity index (χ0n) is 24.9. The molecule has 1 aromatic heterocycles. The summed E-state index contributed by atoms with van der Waals surface area (Å²) in [4.78, 5) is 5.45. The summed E-state index contributed by atoms with van der Waals surface area (Å²) in [7, 11) is -8.83. The molecule has 51 heavy (non-hydrogen) atoms. The van der Waals surface area contributed by atoms with E-state index in [-0.39, 0.29) is 63.0 Å². The van der Waals surface area contributed by atoms with Crippen LogP contribution in [0, 0.1) is 12.0 Å². The normalized spacial score (nSPS) is 12.3. The van der Waals surface area contributed by atoms with Crippen molar-refractivity contribution in [1.82, 2.24) is 9.97 Å². The van der Waals surface area contributed by atoms with Gasteiger partial charge in [0.15, 0.2) is 22.2 Å². The highest BCUT2D eigenvalue weighted by Crippen LogP contribution is 2.44. The number of nitrogen functional groups attached to an aromatic ring is 2. The second-order valence-corrected chi connectivity index (χ2v) is 13.9. The third kappa shape index (κ3) is 11.0. The smallest absolute Gasteiger partial charge is 0.313 e. The lowest BCUT2D eigenvalue weighted by atomic mass is 10.2. The predicted octanol–water partition coefficient (Wildman–Crippen LogP) is 5.94. The van der Waals surface area contributed by atoms with Crippen molar-refractivity contribution < 1.29 is 63.6 Å². The van der Waals surface area contributed by atoms with Crippen LogP contribution >= 0.6 is 24.4 Å². The van der Waals surface area contributed by atoms with E-state index in [1.54, 1.807) is 0 Å². The molecule has 21 nitrogen and oxygen atoms in total. The number of sulfone groups is 1. The van der Waals surface area contributed by atoms with Gasteiger partial charge in [-0.15, -0.1) is 24.0 Å². The fourth-order valence-corrected chi connectivity index (χ4v) is 6.19. The van der Waals surface area contributed by atoms with Crippen molar-refractivity contribution in [3.8, 4) is 0 Å². The molecule has 0 unspecified atom stereocenters. The number of nitrogens with zero attached hydrogens (tertiary/aromatic N) is 6. The first-order chi connectivity index (χ1) is 24.2. The van der Waals surface area contributed by atoms with Crippen molar-refractivity contribution in [1.29, 1.82) is 0 Å². The number of aromatic nitrogens is 2. The maximum Gasteiger partial charge on any atom is 0.313 e. The summed E-state index contributed by atoms with van der Waals surface area (Å²) in [6, 6.07) is 10.6. The Morgan fingerprint density at radius 1 is 0.843 bits per heavy atom. The van der Waals surface area contributed by atoms with Crippen molar-refractivity contribution in [2.75, 3.05) is 29.1 Å². The molecule has 0 aliphatic rings. The van der Waals surface area contributed by atoms with Gasteiger partial charge in [0.2, 0.25) is 5.95 Å². The summed E-state index contributed by atoms with van der Waals surface area (Å²) in [6.45, 7) is -0.317. The van der Waals surface area contributed by atoms with Gasteiger partial charge in [0.1, 0.15) is 27.8 Å². The second-order valence-electron chi connectivity index (χ2n) is 9.17. The van der Waals surface area contributed by atoms with E-state index < -0.39 is 54.0 Å². The Hall–Kier alpha value is -4.52. The van der Waals surface area contributed by atoms with Crippen molar-refractivity contribution in [3.63, 3.8) is 0 Å². The number of hydrogen-bond donors (Lipinski definition) is 6. The highest BCUT2D eigenvalue weighted by molar-refractivity contribution is 7.94. The molecule has 0 amide bonds. The standard InChI is InChI=1S/C24H21F2N9O12S4/c25-19-11-20(31-24(26)30-19)29-13-3-6-17(48-46-44-36)15(9-13)33-35-23-21(27)16(10-18(22(23)28)51(40,41)42)34-32-12-1-4-14(5-2-12)50(38,39)8-7-43-49-47-45-37/h1-6,9-11,36-37H,7-8,27-28H2,(H,29,30,31)(H,40,41,42). The number of hydrogen-bond acceptors (Lipinski definition) is 22. The van der Waals surface area contributed by atoms with Crippen LogP contribution < -0.4 is 16.8 Å². The summed E-state index contributed by atoms with van der Waals surface area (Å²) in [6.07, 6.45) is -1.35. The lowest BCUT2D eigenvalue weighted by molar-refractivity contribution is -0.434. The van der Waals surface area contributed by atoms with Gasteiger partial charge in [0.05, 0.1) is 51.3 Å². The van der Waals surface area contributed by atoms with Gasteiger partial charge >= 0.3 is 6.08 Å².